The van der Waals surface area contributed by atoms with Crippen LogP contribution in [0, 0.1) is 5.92 Å². The van der Waals surface area contributed by atoms with Gasteiger partial charge in [0.1, 0.15) is 0 Å². The third-order valence-electron chi connectivity index (χ3n) is 3.88. The molecule has 3 N–H and O–H groups in total. The normalized spacial score (nSPS) is 19.4. The molecule has 20 heavy (non-hydrogen) atoms. The van der Waals surface area contributed by atoms with E-state index in [0.29, 0.717) is 5.92 Å². The van der Waals surface area contributed by atoms with E-state index in [1.54, 1.807) is 0 Å². The van der Waals surface area contributed by atoms with Gasteiger partial charge in [-0.25, -0.2) is 4.79 Å². The molecule has 5 heteroatoms. The lowest BCUT2D eigenvalue weighted by molar-refractivity contribution is -0.139. The number of hydrogen-bond acceptors (Lipinski definition) is 2. The number of nitrogens with one attached hydrogen (secondary N) is 2. The summed E-state index contributed by atoms with van der Waals surface area (Å²) in [7, 11) is 0. The maximum Gasteiger partial charge on any atom is 0.315 e. The number of carboxylic acid groups (broad SMARTS) is 1. The summed E-state index contributed by atoms with van der Waals surface area (Å²) in [4.78, 5) is 23.1. The molecule has 1 aliphatic rings. The minimum absolute atomic E-state index is 0.0129. The Morgan fingerprint density at radius 1 is 1.15 bits per heavy atom. The van der Waals surface area contributed by atoms with Crippen LogP contribution in [0.3, 0.4) is 0 Å². The summed E-state index contributed by atoms with van der Waals surface area (Å²) < 4.78 is 0. The second kappa shape index (κ2) is 7.50. The van der Waals surface area contributed by atoms with Crippen LogP contribution >= 0.6 is 0 Å². The van der Waals surface area contributed by atoms with Gasteiger partial charge in [0.15, 0.2) is 0 Å². The van der Waals surface area contributed by atoms with Crippen molar-refractivity contribution in [3.05, 3.63) is 0 Å². The number of hydrogen-bond donors (Lipinski definition) is 3. The topological polar surface area (TPSA) is 78.4 Å². The number of amides is 2. The van der Waals surface area contributed by atoms with Gasteiger partial charge in [0, 0.05) is 6.04 Å². The lowest BCUT2D eigenvalue weighted by atomic mass is 9.79. The van der Waals surface area contributed by atoms with E-state index in [-0.39, 0.29) is 18.5 Å². The smallest absolute Gasteiger partial charge is 0.315 e. The Kier molecular flexibility index (Phi) is 6.30. The lowest BCUT2D eigenvalue weighted by Crippen LogP contribution is -2.55. The molecule has 0 aromatic rings. The maximum atomic E-state index is 12.1. The molecule has 5 nitrogen and oxygen atoms in total. The zero-order valence-corrected chi connectivity index (χ0v) is 12.9. The van der Waals surface area contributed by atoms with Crippen molar-refractivity contribution < 1.29 is 14.7 Å². The van der Waals surface area contributed by atoms with E-state index in [9.17, 15) is 9.59 Å². The molecule has 1 atom stereocenters. The van der Waals surface area contributed by atoms with Gasteiger partial charge < -0.3 is 15.7 Å². The van der Waals surface area contributed by atoms with Gasteiger partial charge in [-0.15, -0.1) is 0 Å². The first kappa shape index (κ1) is 16.8. The Hall–Kier alpha value is -1.26. The number of urea groups is 1. The van der Waals surface area contributed by atoms with Crippen LogP contribution in [0.5, 0.6) is 0 Å². The zero-order valence-electron chi connectivity index (χ0n) is 12.9. The van der Waals surface area contributed by atoms with Crippen molar-refractivity contribution in [3.8, 4) is 0 Å². The largest absolute Gasteiger partial charge is 0.481 e. The number of carboxylic acids is 1. The molecule has 0 aromatic heterocycles. The van der Waals surface area contributed by atoms with Gasteiger partial charge in [0.05, 0.1) is 12.0 Å². The van der Waals surface area contributed by atoms with E-state index in [4.69, 9.17) is 5.11 Å². The molecule has 2 amide bonds. The van der Waals surface area contributed by atoms with Crippen molar-refractivity contribution in [1.29, 1.82) is 0 Å². The number of carbonyl (C=O) groups excluding carboxylic acids is 1. The zero-order chi connectivity index (χ0) is 15.2. The van der Waals surface area contributed by atoms with E-state index in [1.807, 2.05) is 6.92 Å². The predicted octanol–water partition coefficient (Wildman–Crippen LogP) is 2.90. The van der Waals surface area contributed by atoms with Crippen LogP contribution in [0.25, 0.3) is 0 Å². The predicted molar refractivity (Wildman–Crippen MR) is 78.7 cm³/mol. The van der Waals surface area contributed by atoms with Crippen LogP contribution in [-0.4, -0.2) is 28.7 Å². The highest BCUT2D eigenvalue weighted by molar-refractivity contribution is 5.77. The van der Waals surface area contributed by atoms with Crippen LogP contribution in [0.2, 0.25) is 0 Å². The quantitative estimate of drug-likeness (QED) is 0.701. The molecular formula is C15H28N2O3. The van der Waals surface area contributed by atoms with Crippen LogP contribution < -0.4 is 10.6 Å². The summed E-state index contributed by atoms with van der Waals surface area (Å²) in [6.07, 6.45) is 5.52. The van der Waals surface area contributed by atoms with Gasteiger partial charge >= 0.3 is 12.0 Å². The van der Waals surface area contributed by atoms with E-state index >= 15 is 0 Å². The molecule has 0 radical (unpaired) electrons. The van der Waals surface area contributed by atoms with Gasteiger partial charge in [-0.2, -0.15) is 0 Å². The van der Waals surface area contributed by atoms with Crippen molar-refractivity contribution in [3.63, 3.8) is 0 Å². The monoisotopic (exact) mass is 284 g/mol. The Balaban J connectivity index is 2.56. The molecule has 0 aromatic carbocycles. The maximum absolute atomic E-state index is 12.1. The van der Waals surface area contributed by atoms with E-state index in [0.717, 1.165) is 38.5 Å². The van der Waals surface area contributed by atoms with Gasteiger partial charge in [-0.05, 0) is 32.1 Å². The van der Waals surface area contributed by atoms with Gasteiger partial charge in [-0.3, -0.25) is 4.79 Å². The van der Waals surface area contributed by atoms with Gasteiger partial charge in [0.25, 0.3) is 0 Å². The van der Waals surface area contributed by atoms with Crippen molar-refractivity contribution in [2.75, 3.05) is 0 Å². The number of rotatable bonds is 6. The van der Waals surface area contributed by atoms with Gasteiger partial charge in [-0.1, -0.05) is 33.1 Å². The molecule has 0 saturated heterocycles. The highest BCUT2D eigenvalue weighted by Crippen LogP contribution is 2.31. The summed E-state index contributed by atoms with van der Waals surface area (Å²) in [6.45, 7) is 6.20. The summed E-state index contributed by atoms with van der Waals surface area (Å²) in [5, 5.41) is 14.9. The number of aliphatic carboxylic acids is 1. The Morgan fingerprint density at radius 3 is 2.25 bits per heavy atom. The third kappa shape index (κ3) is 5.80. The molecule has 0 spiro atoms. The van der Waals surface area contributed by atoms with Gasteiger partial charge in [0.2, 0.25) is 0 Å². The molecule has 1 aliphatic carbocycles. The molecule has 1 fully saturated rings. The number of carbonyl (C=O) groups is 2. The van der Waals surface area contributed by atoms with Crippen LogP contribution in [-0.2, 0) is 4.79 Å². The third-order valence-corrected chi connectivity index (χ3v) is 3.88. The Labute approximate surface area is 121 Å². The van der Waals surface area contributed by atoms with Crippen molar-refractivity contribution in [2.24, 2.45) is 5.92 Å². The first-order valence-corrected chi connectivity index (χ1v) is 7.63. The molecule has 1 saturated carbocycles. The first-order chi connectivity index (χ1) is 9.33. The van der Waals surface area contributed by atoms with Crippen molar-refractivity contribution in [1.82, 2.24) is 10.6 Å². The average Bonchev–Trinajstić information content (AvgIpc) is 2.26. The average molecular weight is 284 g/mol. The van der Waals surface area contributed by atoms with Crippen molar-refractivity contribution >= 4 is 12.0 Å². The fourth-order valence-corrected chi connectivity index (χ4v) is 3.13. The molecule has 0 bridgehead atoms. The second-order valence-electron chi connectivity index (χ2n) is 6.54. The Morgan fingerprint density at radius 2 is 1.75 bits per heavy atom. The molecular weight excluding hydrogens is 256 g/mol. The lowest BCUT2D eigenvalue weighted by Gasteiger charge is -2.37. The second-order valence-corrected chi connectivity index (χ2v) is 6.54. The van der Waals surface area contributed by atoms with E-state index in [2.05, 4.69) is 24.5 Å². The van der Waals surface area contributed by atoms with E-state index < -0.39 is 11.5 Å². The van der Waals surface area contributed by atoms with Crippen LogP contribution in [0.4, 0.5) is 4.79 Å². The SMILES string of the molecule is CC(C)CC(C)NC(=O)NC1(CC(=O)O)CCCCC1. The first-order valence-electron chi connectivity index (χ1n) is 7.63. The summed E-state index contributed by atoms with van der Waals surface area (Å²) in [5.74, 6) is -0.324. The van der Waals surface area contributed by atoms with Crippen LogP contribution in [0.15, 0.2) is 0 Å². The summed E-state index contributed by atoms with van der Waals surface area (Å²) in [5.41, 5.74) is -0.564. The highest BCUT2D eigenvalue weighted by Gasteiger charge is 2.36. The van der Waals surface area contributed by atoms with E-state index in [1.165, 1.54) is 0 Å². The minimum Gasteiger partial charge on any atom is -0.481 e. The van der Waals surface area contributed by atoms with Crippen LogP contribution in [0.1, 0.15) is 65.7 Å². The molecule has 0 aliphatic heterocycles. The molecule has 1 rings (SSSR count). The standard InChI is InChI=1S/C15H28N2O3/c1-11(2)9-12(3)16-14(20)17-15(10-13(18)19)7-5-4-6-8-15/h11-12H,4-10H2,1-3H3,(H,18,19)(H2,16,17,20). The van der Waals surface area contributed by atoms with Crippen molar-refractivity contribution in [2.45, 2.75) is 77.3 Å². The fraction of sp³-hybridized carbons (Fsp3) is 0.867. The highest BCUT2D eigenvalue weighted by atomic mass is 16.4. The molecule has 0 heterocycles. The summed E-state index contributed by atoms with van der Waals surface area (Å²) >= 11 is 0. The molecule has 1 unspecified atom stereocenters. The molecule has 116 valence electrons. The summed E-state index contributed by atoms with van der Waals surface area (Å²) in [6, 6.07) is -0.137. The Bertz CT molecular complexity index is 336. The minimum atomic E-state index is -0.845. The fourth-order valence-electron chi connectivity index (χ4n) is 3.13.